The highest BCUT2D eigenvalue weighted by Gasteiger charge is 2.53. The van der Waals surface area contributed by atoms with Gasteiger partial charge in [-0.15, -0.1) is 11.3 Å². The van der Waals surface area contributed by atoms with Gasteiger partial charge >= 0.3 is 0 Å². The Balaban J connectivity index is 1.43. The molecule has 0 radical (unpaired) electrons. The van der Waals surface area contributed by atoms with Crippen molar-refractivity contribution in [1.82, 2.24) is 10.2 Å². The van der Waals surface area contributed by atoms with E-state index in [0.717, 1.165) is 38.5 Å². The number of hydrogen-bond donors (Lipinski definition) is 1. The Morgan fingerprint density at radius 3 is 3.14 bits per heavy atom. The Hall–Kier alpha value is -0.910. The van der Waals surface area contributed by atoms with E-state index in [0.29, 0.717) is 6.54 Å². The van der Waals surface area contributed by atoms with E-state index in [2.05, 4.69) is 21.7 Å². The number of amides is 1. The number of likely N-dealkylation sites (tertiary alicyclic amines) is 1. The van der Waals surface area contributed by atoms with Gasteiger partial charge in [-0.3, -0.25) is 4.79 Å². The number of hydrogen-bond acceptors (Lipinski definition) is 4. The van der Waals surface area contributed by atoms with Gasteiger partial charge in [-0.25, -0.2) is 0 Å². The Labute approximate surface area is 135 Å². The van der Waals surface area contributed by atoms with Crippen molar-refractivity contribution in [3.8, 4) is 0 Å². The van der Waals surface area contributed by atoms with Crippen molar-refractivity contribution < 1.29 is 9.53 Å². The fraction of sp³-hybridized carbons (Fsp3) is 0.706. The maximum Gasteiger partial charge on any atom is 0.230 e. The van der Waals surface area contributed by atoms with Crippen molar-refractivity contribution in [2.75, 3.05) is 26.2 Å². The lowest BCUT2D eigenvalue weighted by Gasteiger charge is -2.42. The Bertz CT molecular complexity index is 529. The number of carbonyl (C=O) groups excluding carboxylic acids is 1. The summed E-state index contributed by atoms with van der Waals surface area (Å²) in [4.78, 5) is 16.7. The topological polar surface area (TPSA) is 41.6 Å². The third kappa shape index (κ3) is 2.82. The lowest BCUT2D eigenvalue weighted by Crippen LogP contribution is -2.57. The van der Waals surface area contributed by atoms with E-state index in [1.165, 1.54) is 24.3 Å². The highest BCUT2D eigenvalue weighted by atomic mass is 32.1. The predicted molar refractivity (Wildman–Crippen MR) is 86.7 cm³/mol. The van der Waals surface area contributed by atoms with Crippen molar-refractivity contribution in [3.05, 3.63) is 22.4 Å². The number of nitrogens with zero attached hydrogens (tertiary/aromatic N) is 1. The summed E-state index contributed by atoms with van der Waals surface area (Å²) < 4.78 is 5.90. The van der Waals surface area contributed by atoms with Crippen LogP contribution in [0.15, 0.2) is 17.5 Å². The molecule has 3 aliphatic rings. The van der Waals surface area contributed by atoms with Crippen LogP contribution in [-0.4, -0.2) is 43.2 Å². The molecule has 4 nitrogen and oxygen atoms in total. The van der Waals surface area contributed by atoms with E-state index in [-0.39, 0.29) is 17.4 Å². The van der Waals surface area contributed by atoms with Gasteiger partial charge in [0.2, 0.25) is 5.91 Å². The van der Waals surface area contributed by atoms with Crippen molar-refractivity contribution in [2.45, 2.75) is 38.3 Å². The lowest BCUT2D eigenvalue weighted by molar-refractivity contribution is -0.139. The second-order valence-electron chi connectivity index (χ2n) is 6.99. The third-order valence-corrected chi connectivity index (χ3v) is 6.24. The summed E-state index contributed by atoms with van der Waals surface area (Å²) in [5.74, 6) is 1.08. The van der Waals surface area contributed by atoms with Gasteiger partial charge < -0.3 is 15.0 Å². The summed E-state index contributed by atoms with van der Waals surface area (Å²) in [6.07, 6.45) is 4.72. The smallest absolute Gasteiger partial charge is 0.230 e. The van der Waals surface area contributed by atoms with Crippen LogP contribution < -0.4 is 5.32 Å². The summed E-state index contributed by atoms with van der Waals surface area (Å²) in [5.41, 5.74) is -0.315. The SMILES string of the molecule is O=C(NCc1cccs1)[C@@]12CCO[C@@H]1CCN(CC1CC1)C2. The molecule has 2 aliphatic heterocycles. The minimum Gasteiger partial charge on any atom is -0.377 e. The highest BCUT2D eigenvalue weighted by Crippen LogP contribution is 2.42. The molecule has 1 N–H and O–H groups in total. The minimum atomic E-state index is -0.315. The zero-order valence-corrected chi connectivity index (χ0v) is 13.7. The first-order valence-electron chi connectivity index (χ1n) is 8.41. The molecule has 0 aromatic carbocycles. The Morgan fingerprint density at radius 1 is 1.45 bits per heavy atom. The molecule has 0 spiro atoms. The van der Waals surface area contributed by atoms with Crippen LogP contribution in [0.3, 0.4) is 0 Å². The molecule has 1 aromatic rings. The van der Waals surface area contributed by atoms with Gasteiger partial charge in [-0.2, -0.15) is 0 Å². The summed E-state index contributed by atoms with van der Waals surface area (Å²) in [6.45, 7) is 4.51. The summed E-state index contributed by atoms with van der Waals surface area (Å²) in [5, 5.41) is 5.23. The maximum absolute atomic E-state index is 12.9. The fourth-order valence-electron chi connectivity index (χ4n) is 3.93. The van der Waals surface area contributed by atoms with E-state index in [4.69, 9.17) is 4.74 Å². The molecule has 1 aliphatic carbocycles. The Morgan fingerprint density at radius 2 is 2.36 bits per heavy atom. The first-order valence-corrected chi connectivity index (χ1v) is 9.29. The van der Waals surface area contributed by atoms with Gasteiger partial charge in [-0.1, -0.05) is 6.07 Å². The second kappa shape index (κ2) is 5.95. The zero-order valence-electron chi connectivity index (χ0n) is 12.9. The summed E-state index contributed by atoms with van der Waals surface area (Å²) in [7, 11) is 0. The number of piperidine rings is 1. The fourth-order valence-corrected chi connectivity index (χ4v) is 4.58. The number of carbonyl (C=O) groups is 1. The second-order valence-corrected chi connectivity index (χ2v) is 8.03. The van der Waals surface area contributed by atoms with Crippen LogP contribution >= 0.6 is 11.3 Å². The normalized spacial score (nSPS) is 31.9. The molecule has 1 aromatic heterocycles. The molecule has 1 amide bonds. The van der Waals surface area contributed by atoms with E-state index in [1.807, 2.05) is 6.07 Å². The maximum atomic E-state index is 12.9. The molecular weight excluding hydrogens is 296 g/mol. The molecule has 22 heavy (non-hydrogen) atoms. The number of fused-ring (bicyclic) bond motifs is 1. The molecule has 0 bridgehead atoms. The van der Waals surface area contributed by atoms with Crippen LogP contribution in [-0.2, 0) is 16.1 Å². The standard InChI is InChI=1S/C17H24N2O2S/c20-16(18-10-14-2-1-9-22-14)17-6-8-21-15(17)5-7-19(12-17)11-13-3-4-13/h1-2,9,13,15H,3-8,10-12H2,(H,18,20)/t15-,17-/m1/s1. The largest absolute Gasteiger partial charge is 0.377 e. The van der Waals surface area contributed by atoms with E-state index in [1.54, 1.807) is 11.3 Å². The first-order chi connectivity index (χ1) is 10.8. The highest BCUT2D eigenvalue weighted by molar-refractivity contribution is 7.09. The molecule has 5 heteroatoms. The molecule has 3 fully saturated rings. The molecule has 120 valence electrons. The molecule has 2 atom stereocenters. The van der Waals surface area contributed by atoms with E-state index in [9.17, 15) is 4.79 Å². The summed E-state index contributed by atoms with van der Waals surface area (Å²) >= 11 is 1.70. The quantitative estimate of drug-likeness (QED) is 0.905. The molecule has 1 saturated carbocycles. The number of rotatable bonds is 5. The molecule has 3 heterocycles. The van der Waals surface area contributed by atoms with Crippen LogP contribution in [0.4, 0.5) is 0 Å². The molecular formula is C17H24N2O2S. The molecule has 2 saturated heterocycles. The van der Waals surface area contributed by atoms with Crippen molar-refractivity contribution >= 4 is 17.2 Å². The predicted octanol–water partition coefficient (Wildman–Crippen LogP) is 2.26. The first kappa shape index (κ1) is 14.7. The summed E-state index contributed by atoms with van der Waals surface area (Å²) in [6, 6.07) is 4.11. The average Bonchev–Trinajstić information content (AvgIpc) is 3.04. The van der Waals surface area contributed by atoms with Gasteiger partial charge in [0, 0.05) is 31.1 Å². The monoisotopic (exact) mass is 320 g/mol. The van der Waals surface area contributed by atoms with Gasteiger partial charge in [0.05, 0.1) is 18.1 Å². The van der Waals surface area contributed by atoms with Gasteiger partial charge in [-0.05, 0) is 43.0 Å². The van der Waals surface area contributed by atoms with Crippen LogP contribution in [0.2, 0.25) is 0 Å². The van der Waals surface area contributed by atoms with E-state index >= 15 is 0 Å². The van der Waals surface area contributed by atoms with Gasteiger partial charge in [0.1, 0.15) is 0 Å². The zero-order chi connectivity index (χ0) is 15.0. The van der Waals surface area contributed by atoms with E-state index < -0.39 is 0 Å². The Kier molecular flexibility index (Phi) is 3.96. The molecule has 4 rings (SSSR count). The van der Waals surface area contributed by atoms with Crippen molar-refractivity contribution in [1.29, 1.82) is 0 Å². The third-order valence-electron chi connectivity index (χ3n) is 5.37. The number of thiophene rings is 1. The average molecular weight is 320 g/mol. The number of ether oxygens (including phenoxy) is 1. The van der Waals surface area contributed by atoms with Crippen LogP contribution in [0.5, 0.6) is 0 Å². The van der Waals surface area contributed by atoms with Crippen LogP contribution in [0, 0.1) is 11.3 Å². The van der Waals surface area contributed by atoms with Crippen LogP contribution in [0.1, 0.15) is 30.6 Å². The number of nitrogens with one attached hydrogen (secondary N) is 1. The van der Waals surface area contributed by atoms with Crippen molar-refractivity contribution in [2.24, 2.45) is 11.3 Å². The lowest BCUT2D eigenvalue weighted by atomic mass is 9.75. The van der Waals surface area contributed by atoms with Gasteiger partial charge in [0.15, 0.2) is 0 Å². The molecule has 0 unspecified atom stereocenters. The van der Waals surface area contributed by atoms with Crippen molar-refractivity contribution in [3.63, 3.8) is 0 Å². The van der Waals surface area contributed by atoms with Crippen LogP contribution in [0.25, 0.3) is 0 Å². The van der Waals surface area contributed by atoms with Gasteiger partial charge in [0.25, 0.3) is 0 Å². The minimum absolute atomic E-state index is 0.117.